The molecule has 1 saturated heterocycles. The molecule has 4 nitrogen and oxygen atoms in total. The molecule has 0 aliphatic carbocycles. The van der Waals surface area contributed by atoms with Crippen molar-refractivity contribution < 1.29 is 9.53 Å². The third-order valence-corrected chi connectivity index (χ3v) is 5.96. The monoisotopic (exact) mass is 402 g/mol. The lowest BCUT2D eigenvalue weighted by Gasteiger charge is -2.23. The lowest BCUT2D eigenvalue weighted by Crippen LogP contribution is -2.41. The van der Waals surface area contributed by atoms with Crippen molar-refractivity contribution in [3.8, 4) is 5.75 Å². The second-order valence-corrected chi connectivity index (χ2v) is 7.96. The van der Waals surface area contributed by atoms with Crippen LogP contribution in [0.3, 0.4) is 0 Å². The van der Waals surface area contributed by atoms with Gasteiger partial charge < -0.3 is 4.74 Å². The molecule has 0 aromatic heterocycles. The molecule has 2 aromatic rings. The number of ether oxygens (including phenoxy) is 1. The number of carbonyl (C=O) groups excluding carboxylic acids is 1. The average molecular weight is 403 g/mol. The summed E-state index contributed by atoms with van der Waals surface area (Å²) in [5.41, 5.74) is 2.93. The number of nitrogens with zero attached hydrogens (tertiary/aromatic N) is 2. The van der Waals surface area contributed by atoms with Crippen LogP contribution in [-0.2, 0) is 4.79 Å². The summed E-state index contributed by atoms with van der Waals surface area (Å²) in [6.45, 7) is 6.01. The fourth-order valence-electron chi connectivity index (χ4n) is 2.90. The molecule has 1 amide bonds. The Morgan fingerprint density at radius 2 is 2.11 bits per heavy atom. The Kier molecular flexibility index (Phi) is 6.45. The van der Waals surface area contributed by atoms with Gasteiger partial charge in [-0.1, -0.05) is 42.4 Å². The fourth-order valence-corrected chi connectivity index (χ4v) is 4.30. The van der Waals surface area contributed by atoms with Gasteiger partial charge in [-0.05, 0) is 61.7 Å². The minimum Gasteiger partial charge on any atom is -0.484 e. The summed E-state index contributed by atoms with van der Waals surface area (Å²) in [5, 5.41) is 1.43. The van der Waals surface area contributed by atoms with Gasteiger partial charge >= 0.3 is 0 Å². The molecular formula is C21H23ClN2O2S. The van der Waals surface area contributed by atoms with Crippen LogP contribution in [0.2, 0.25) is 5.02 Å². The van der Waals surface area contributed by atoms with E-state index in [-0.39, 0.29) is 18.6 Å². The predicted octanol–water partition coefficient (Wildman–Crippen LogP) is 5.38. The molecule has 0 saturated carbocycles. The highest BCUT2D eigenvalue weighted by Crippen LogP contribution is 2.29. The molecule has 142 valence electrons. The van der Waals surface area contributed by atoms with Crippen molar-refractivity contribution in [3.05, 3.63) is 58.6 Å². The van der Waals surface area contributed by atoms with Crippen molar-refractivity contribution in [1.29, 1.82) is 0 Å². The number of benzene rings is 2. The van der Waals surface area contributed by atoms with Gasteiger partial charge in [0, 0.05) is 16.8 Å². The zero-order valence-corrected chi connectivity index (χ0v) is 17.3. The van der Waals surface area contributed by atoms with Gasteiger partial charge in [0.2, 0.25) is 0 Å². The second kappa shape index (κ2) is 8.81. The van der Waals surface area contributed by atoms with Crippen molar-refractivity contribution in [2.45, 2.75) is 33.2 Å². The molecule has 2 aromatic carbocycles. The van der Waals surface area contributed by atoms with Gasteiger partial charge in [0.25, 0.3) is 5.91 Å². The molecule has 0 radical (unpaired) electrons. The number of hydrogen-bond acceptors (Lipinski definition) is 4. The Bertz CT molecular complexity index is 869. The van der Waals surface area contributed by atoms with Crippen molar-refractivity contribution in [2.75, 3.05) is 12.4 Å². The van der Waals surface area contributed by atoms with Gasteiger partial charge in [-0.25, -0.2) is 4.99 Å². The fraction of sp³-hybridized carbons (Fsp3) is 0.333. The van der Waals surface area contributed by atoms with Crippen LogP contribution < -0.4 is 4.74 Å². The number of aryl methyl sites for hydroxylation is 2. The maximum Gasteiger partial charge on any atom is 0.266 e. The molecule has 1 aliphatic heterocycles. The third kappa shape index (κ3) is 4.85. The molecule has 3 rings (SSSR count). The highest BCUT2D eigenvalue weighted by Gasteiger charge is 2.34. The number of thioether (sulfide) groups is 1. The van der Waals surface area contributed by atoms with Crippen LogP contribution in [0.15, 0.2) is 47.5 Å². The first-order valence-electron chi connectivity index (χ1n) is 8.97. The van der Waals surface area contributed by atoms with Gasteiger partial charge in [0.1, 0.15) is 5.75 Å². The van der Waals surface area contributed by atoms with E-state index in [1.807, 2.05) is 44.2 Å². The highest BCUT2D eigenvalue weighted by molar-refractivity contribution is 8.14. The second-order valence-electron chi connectivity index (χ2n) is 6.57. The largest absolute Gasteiger partial charge is 0.484 e. The molecule has 1 aliphatic rings. The number of halogens is 1. The van der Waals surface area contributed by atoms with Crippen molar-refractivity contribution in [1.82, 2.24) is 4.90 Å². The molecular weight excluding hydrogens is 380 g/mol. The van der Waals surface area contributed by atoms with Crippen molar-refractivity contribution >= 4 is 40.1 Å². The van der Waals surface area contributed by atoms with Crippen LogP contribution in [0.1, 0.15) is 24.5 Å². The first-order chi connectivity index (χ1) is 13.0. The lowest BCUT2D eigenvalue weighted by molar-refractivity contribution is -0.130. The minimum atomic E-state index is -0.0779. The van der Waals surface area contributed by atoms with Crippen LogP contribution in [0.5, 0.6) is 5.75 Å². The smallest absolute Gasteiger partial charge is 0.266 e. The van der Waals surface area contributed by atoms with Crippen LogP contribution in [0.4, 0.5) is 5.69 Å². The molecule has 0 unspecified atom stereocenters. The number of hydrogen-bond donors (Lipinski definition) is 0. The Labute approximate surface area is 169 Å². The van der Waals surface area contributed by atoms with E-state index in [1.54, 1.807) is 28.8 Å². The van der Waals surface area contributed by atoms with Gasteiger partial charge in [-0.2, -0.15) is 0 Å². The standard InChI is InChI=1S/C21H23ClN2O2S/c1-4-17-13-27-21(23-16-7-5-6-14(2)10-16)24(17)20(25)12-26-18-8-9-19(22)15(3)11-18/h5-11,17H,4,12-13H2,1-3H3/t17-/m1/s1. The Hall–Kier alpha value is -1.98. The van der Waals surface area contributed by atoms with E-state index >= 15 is 0 Å². The van der Waals surface area contributed by atoms with Crippen LogP contribution in [-0.4, -0.2) is 34.4 Å². The number of amides is 1. The summed E-state index contributed by atoms with van der Waals surface area (Å²) in [5.74, 6) is 1.42. The summed E-state index contributed by atoms with van der Waals surface area (Å²) in [7, 11) is 0. The lowest BCUT2D eigenvalue weighted by atomic mass is 10.2. The molecule has 0 bridgehead atoms. The zero-order valence-electron chi connectivity index (χ0n) is 15.7. The molecule has 0 spiro atoms. The molecule has 1 atom stereocenters. The van der Waals surface area contributed by atoms with Crippen LogP contribution >= 0.6 is 23.4 Å². The predicted molar refractivity (Wildman–Crippen MR) is 113 cm³/mol. The Morgan fingerprint density at radius 3 is 2.81 bits per heavy atom. The van der Waals surface area contributed by atoms with E-state index in [0.717, 1.165) is 34.2 Å². The number of carbonyl (C=O) groups is 1. The third-order valence-electron chi connectivity index (χ3n) is 4.43. The number of aliphatic imine (C=N–C) groups is 1. The zero-order chi connectivity index (χ0) is 19.4. The normalized spacial score (nSPS) is 18.1. The van der Waals surface area contributed by atoms with Gasteiger partial charge in [-0.15, -0.1) is 0 Å². The van der Waals surface area contributed by atoms with E-state index in [4.69, 9.17) is 21.3 Å². The molecule has 1 heterocycles. The summed E-state index contributed by atoms with van der Waals surface area (Å²) in [6.07, 6.45) is 0.881. The van der Waals surface area contributed by atoms with Crippen molar-refractivity contribution in [3.63, 3.8) is 0 Å². The van der Waals surface area contributed by atoms with Gasteiger partial charge in [0.15, 0.2) is 11.8 Å². The SMILES string of the molecule is CC[C@@H]1CSC(=Nc2cccc(C)c2)N1C(=O)COc1ccc(Cl)c(C)c1. The average Bonchev–Trinajstić information content (AvgIpc) is 3.05. The maximum absolute atomic E-state index is 12.9. The topological polar surface area (TPSA) is 41.9 Å². The summed E-state index contributed by atoms with van der Waals surface area (Å²) >= 11 is 7.66. The van der Waals surface area contributed by atoms with Crippen LogP contribution in [0.25, 0.3) is 0 Å². The van der Waals surface area contributed by atoms with Gasteiger partial charge in [-0.3, -0.25) is 9.69 Å². The first kappa shape index (κ1) is 19.8. The Morgan fingerprint density at radius 1 is 1.30 bits per heavy atom. The van der Waals surface area contributed by atoms with Crippen LogP contribution in [0, 0.1) is 13.8 Å². The maximum atomic E-state index is 12.9. The quantitative estimate of drug-likeness (QED) is 0.674. The van der Waals surface area contributed by atoms with E-state index in [1.165, 1.54) is 0 Å². The highest BCUT2D eigenvalue weighted by atomic mass is 35.5. The minimum absolute atomic E-state index is 0.0228. The number of rotatable bonds is 5. The molecule has 0 N–H and O–H groups in total. The Balaban J connectivity index is 1.75. The summed E-state index contributed by atoms with van der Waals surface area (Å²) < 4.78 is 5.71. The van der Waals surface area contributed by atoms with Crippen molar-refractivity contribution in [2.24, 2.45) is 4.99 Å². The molecule has 27 heavy (non-hydrogen) atoms. The van der Waals surface area contributed by atoms with E-state index in [9.17, 15) is 4.79 Å². The van der Waals surface area contributed by atoms with Gasteiger partial charge in [0.05, 0.1) is 5.69 Å². The first-order valence-corrected chi connectivity index (χ1v) is 10.3. The summed E-state index contributed by atoms with van der Waals surface area (Å²) in [4.78, 5) is 19.4. The number of amidine groups is 1. The van der Waals surface area contributed by atoms with E-state index < -0.39 is 0 Å². The summed E-state index contributed by atoms with van der Waals surface area (Å²) in [6, 6.07) is 13.5. The molecule has 6 heteroatoms. The molecule has 1 fully saturated rings. The van der Waals surface area contributed by atoms with E-state index in [2.05, 4.69) is 6.92 Å². The van der Waals surface area contributed by atoms with E-state index in [0.29, 0.717) is 10.8 Å².